The third kappa shape index (κ3) is 2.50. The van der Waals surface area contributed by atoms with Crippen LogP contribution < -0.4 is 10.2 Å². The fourth-order valence-corrected chi connectivity index (χ4v) is 2.49. The Hall–Kier alpha value is -2.90. The van der Waals surface area contributed by atoms with Gasteiger partial charge in [-0.3, -0.25) is 4.79 Å². The standard InChI is InChI=1S/C14H13FN4O3/c15-10-7-9(18-6-4-16-8-18)1-2-12(10)19-5-3-11(13(19)20)17-14(21)22/h1-2,4,6-8,11,17H,3,5H2,(H,21,22)/t11-/m0/s1. The van der Waals surface area contributed by atoms with Crippen molar-refractivity contribution in [2.24, 2.45) is 0 Å². The first-order valence-electron chi connectivity index (χ1n) is 6.65. The number of rotatable bonds is 3. The molecular formula is C14H13FN4O3. The van der Waals surface area contributed by atoms with Crippen molar-refractivity contribution in [3.63, 3.8) is 0 Å². The van der Waals surface area contributed by atoms with Gasteiger partial charge in [0.05, 0.1) is 12.0 Å². The summed E-state index contributed by atoms with van der Waals surface area (Å²) in [6.45, 7) is 0.269. The molecule has 2 amide bonds. The van der Waals surface area contributed by atoms with Gasteiger partial charge in [-0.05, 0) is 18.6 Å². The summed E-state index contributed by atoms with van der Waals surface area (Å²) in [5.41, 5.74) is 0.731. The van der Waals surface area contributed by atoms with E-state index in [9.17, 15) is 14.0 Å². The highest BCUT2D eigenvalue weighted by Crippen LogP contribution is 2.26. The number of halogens is 1. The first-order chi connectivity index (χ1) is 10.6. The van der Waals surface area contributed by atoms with E-state index in [1.807, 2.05) is 0 Å². The maximum Gasteiger partial charge on any atom is 0.405 e. The van der Waals surface area contributed by atoms with E-state index < -0.39 is 23.9 Å². The van der Waals surface area contributed by atoms with E-state index in [4.69, 9.17) is 5.11 Å². The number of benzene rings is 1. The molecule has 1 saturated heterocycles. The van der Waals surface area contributed by atoms with Crippen LogP contribution in [0.1, 0.15) is 6.42 Å². The molecule has 1 atom stereocenters. The molecule has 7 nitrogen and oxygen atoms in total. The Kier molecular flexibility index (Phi) is 3.50. The van der Waals surface area contributed by atoms with Gasteiger partial charge in [0.1, 0.15) is 11.9 Å². The summed E-state index contributed by atoms with van der Waals surface area (Å²) in [6, 6.07) is 3.66. The number of carbonyl (C=O) groups is 2. The largest absolute Gasteiger partial charge is 0.465 e. The maximum absolute atomic E-state index is 14.3. The summed E-state index contributed by atoms with van der Waals surface area (Å²) in [5, 5.41) is 10.8. The Bertz CT molecular complexity index is 717. The first-order valence-corrected chi connectivity index (χ1v) is 6.65. The summed E-state index contributed by atoms with van der Waals surface area (Å²) in [4.78, 5) is 27.9. The molecule has 1 fully saturated rings. The molecule has 2 aromatic rings. The van der Waals surface area contributed by atoms with E-state index in [2.05, 4.69) is 10.3 Å². The maximum atomic E-state index is 14.3. The third-order valence-electron chi connectivity index (χ3n) is 3.53. The lowest BCUT2D eigenvalue weighted by molar-refractivity contribution is -0.118. The molecule has 0 spiro atoms. The van der Waals surface area contributed by atoms with E-state index in [1.54, 1.807) is 29.4 Å². The number of hydrogen-bond donors (Lipinski definition) is 2. The second kappa shape index (κ2) is 5.47. The normalized spacial score (nSPS) is 17.8. The SMILES string of the molecule is O=C(O)N[C@H]1CCN(c2ccc(-n3ccnc3)cc2F)C1=O. The molecule has 1 aromatic heterocycles. The van der Waals surface area contributed by atoms with Crippen LogP contribution in [-0.4, -0.2) is 39.2 Å². The molecule has 1 aliphatic heterocycles. The molecule has 114 valence electrons. The van der Waals surface area contributed by atoms with Gasteiger partial charge in [-0.15, -0.1) is 0 Å². The summed E-state index contributed by atoms with van der Waals surface area (Å²) in [6.07, 6.45) is 3.85. The quantitative estimate of drug-likeness (QED) is 0.897. The highest BCUT2D eigenvalue weighted by atomic mass is 19.1. The first kappa shape index (κ1) is 14.1. The fourth-order valence-electron chi connectivity index (χ4n) is 2.49. The Morgan fingerprint density at radius 2 is 2.27 bits per heavy atom. The van der Waals surface area contributed by atoms with Gasteiger partial charge in [0.15, 0.2) is 0 Å². The molecule has 0 saturated carbocycles. The Morgan fingerprint density at radius 1 is 1.45 bits per heavy atom. The monoisotopic (exact) mass is 304 g/mol. The molecule has 0 aliphatic carbocycles. The lowest BCUT2D eigenvalue weighted by Gasteiger charge is -2.18. The molecular weight excluding hydrogens is 291 g/mol. The number of hydrogen-bond acceptors (Lipinski definition) is 3. The Balaban J connectivity index is 1.84. The molecule has 3 rings (SSSR count). The molecule has 0 bridgehead atoms. The van der Waals surface area contributed by atoms with Gasteiger partial charge in [-0.2, -0.15) is 0 Å². The number of nitrogens with one attached hydrogen (secondary N) is 1. The minimum absolute atomic E-state index is 0.142. The second-order valence-corrected chi connectivity index (χ2v) is 4.89. The van der Waals surface area contributed by atoms with Crippen LogP contribution in [0.15, 0.2) is 36.9 Å². The summed E-state index contributed by atoms with van der Waals surface area (Å²) in [7, 11) is 0. The zero-order valence-electron chi connectivity index (χ0n) is 11.4. The highest BCUT2D eigenvalue weighted by Gasteiger charge is 2.34. The number of amides is 2. The molecule has 2 heterocycles. The van der Waals surface area contributed by atoms with E-state index in [-0.39, 0.29) is 12.2 Å². The molecule has 1 aromatic carbocycles. The molecule has 0 radical (unpaired) electrons. The van der Waals surface area contributed by atoms with Crippen molar-refractivity contribution >= 4 is 17.7 Å². The van der Waals surface area contributed by atoms with E-state index in [0.29, 0.717) is 12.1 Å². The lowest BCUT2D eigenvalue weighted by atomic mass is 10.2. The van der Waals surface area contributed by atoms with Crippen LogP contribution >= 0.6 is 0 Å². The van der Waals surface area contributed by atoms with Gasteiger partial charge in [-0.25, -0.2) is 14.2 Å². The van der Waals surface area contributed by atoms with Gasteiger partial charge in [0.2, 0.25) is 5.91 Å². The fraction of sp³-hybridized carbons (Fsp3) is 0.214. The number of nitrogens with zero attached hydrogens (tertiary/aromatic N) is 3. The van der Waals surface area contributed by atoms with E-state index >= 15 is 0 Å². The minimum atomic E-state index is -1.27. The van der Waals surface area contributed by atoms with Crippen molar-refractivity contribution < 1.29 is 19.1 Å². The predicted molar refractivity (Wildman–Crippen MR) is 75.4 cm³/mol. The van der Waals surface area contributed by atoms with Crippen molar-refractivity contribution in [3.05, 3.63) is 42.7 Å². The zero-order chi connectivity index (χ0) is 15.7. The summed E-state index contributed by atoms with van der Waals surface area (Å²) < 4.78 is 15.9. The van der Waals surface area contributed by atoms with Crippen LogP contribution in [0.5, 0.6) is 0 Å². The predicted octanol–water partition coefficient (Wildman–Crippen LogP) is 1.38. The zero-order valence-corrected chi connectivity index (χ0v) is 11.4. The Morgan fingerprint density at radius 3 is 2.91 bits per heavy atom. The van der Waals surface area contributed by atoms with Crippen molar-refractivity contribution in [3.8, 4) is 5.69 Å². The van der Waals surface area contributed by atoms with Crippen LogP contribution in [-0.2, 0) is 4.79 Å². The van der Waals surface area contributed by atoms with Gasteiger partial charge >= 0.3 is 6.09 Å². The van der Waals surface area contributed by atoms with Gasteiger partial charge in [-0.1, -0.05) is 0 Å². The number of carboxylic acid groups (broad SMARTS) is 1. The van der Waals surface area contributed by atoms with Crippen molar-refractivity contribution in [1.29, 1.82) is 0 Å². The highest BCUT2D eigenvalue weighted by molar-refractivity contribution is 6.00. The van der Waals surface area contributed by atoms with Gasteiger partial charge in [0, 0.05) is 30.7 Å². The molecule has 1 aliphatic rings. The average Bonchev–Trinajstić information content (AvgIpc) is 3.10. The topological polar surface area (TPSA) is 87.5 Å². The molecule has 8 heteroatoms. The van der Waals surface area contributed by atoms with Crippen LogP contribution in [0.4, 0.5) is 14.9 Å². The average molecular weight is 304 g/mol. The lowest BCUT2D eigenvalue weighted by Crippen LogP contribution is -2.41. The van der Waals surface area contributed by atoms with Crippen LogP contribution in [0, 0.1) is 5.82 Å². The number of aromatic nitrogens is 2. The summed E-state index contributed by atoms with van der Waals surface area (Å²) >= 11 is 0. The van der Waals surface area contributed by atoms with E-state index in [1.165, 1.54) is 17.0 Å². The van der Waals surface area contributed by atoms with Crippen LogP contribution in [0.2, 0.25) is 0 Å². The number of carbonyl (C=O) groups excluding carboxylic acids is 1. The van der Waals surface area contributed by atoms with Crippen molar-refractivity contribution in [2.45, 2.75) is 12.5 Å². The Labute approximate surface area is 125 Å². The molecule has 2 N–H and O–H groups in total. The third-order valence-corrected chi connectivity index (χ3v) is 3.53. The minimum Gasteiger partial charge on any atom is -0.465 e. The van der Waals surface area contributed by atoms with Crippen LogP contribution in [0.3, 0.4) is 0 Å². The summed E-state index contributed by atoms with van der Waals surface area (Å²) in [5.74, 6) is -0.993. The molecule has 22 heavy (non-hydrogen) atoms. The smallest absolute Gasteiger partial charge is 0.405 e. The second-order valence-electron chi connectivity index (χ2n) is 4.89. The van der Waals surface area contributed by atoms with Crippen LogP contribution in [0.25, 0.3) is 5.69 Å². The van der Waals surface area contributed by atoms with Crippen molar-refractivity contribution in [2.75, 3.05) is 11.4 Å². The number of imidazole rings is 1. The number of anilines is 1. The van der Waals surface area contributed by atoms with Gasteiger partial charge < -0.3 is 19.9 Å². The van der Waals surface area contributed by atoms with Crippen molar-refractivity contribution in [1.82, 2.24) is 14.9 Å². The van der Waals surface area contributed by atoms with Gasteiger partial charge in [0.25, 0.3) is 0 Å². The molecule has 0 unspecified atom stereocenters. The van der Waals surface area contributed by atoms with E-state index in [0.717, 1.165) is 0 Å².